The van der Waals surface area contributed by atoms with Crippen molar-refractivity contribution in [1.29, 1.82) is 0 Å². The summed E-state index contributed by atoms with van der Waals surface area (Å²) in [6, 6.07) is 12.0. The summed E-state index contributed by atoms with van der Waals surface area (Å²) in [5.74, 6) is 0. The predicted octanol–water partition coefficient (Wildman–Crippen LogP) is 3.19. The number of rotatable bonds is 1. The van der Waals surface area contributed by atoms with Crippen LogP contribution in [0.15, 0.2) is 48.8 Å². The molecule has 1 aromatic carbocycles. The van der Waals surface area contributed by atoms with Crippen LogP contribution < -0.4 is 5.73 Å². The van der Waals surface area contributed by atoms with Crippen LogP contribution in [0.2, 0.25) is 0 Å². The molecule has 0 amide bonds. The Bertz CT molecular complexity index is 720. The molecule has 2 aromatic heterocycles. The first-order valence-electron chi connectivity index (χ1n) is 5.82. The number of fused-ring (bicyclic) bond motifs is 1. The molecule has 3 nitrogen and oxygen atoms in total. The molecule has 3 heteroatoms. The van der Waals surface area contributed by atoms with Crippen LogP contribution in [0.5, 0.6) is 0 Å². The van der Waals surface area contributed by atoms with E-state index in [-0.39, 0.29) is 0 Å². The van der Waals surface area contributed by atoms with Gasteiger partial charge in [0, 0.05) is 23.3 Å². The second-order valence-corrected chi connectivity index (χ2v) is 4.30. The Morgan fingerprint density at radius 2 is 1.89 bits per heavy atom. The second kappa shape index (κ2) is 4.11. The SMILES string of the molecule is Cc1ccnc(-c2ccc3ncccc3c2)c1N. The number of pyridine rings is 2. The molecule has 0 saturated carbocycles. The molecule has 0 bridgehead atoms. The van der Waals surface area contributed by atoms with Crippen molar-refractivity contribution in [2.24, 2.45) is 0 Å². The van der Waals surface area contributed by atoms with E-state index in [9.17, 15) is 0 Å². The highest BCUT2D eigenvalue weighted by atomic mass is 14.7. The highest BCUT2D eigenvalue weighted by Gasteiger charge is 2.06. The number of hydrogen-bond acceptors (Lipinski definition) is 3. The molecule has 0 atom stereocenters. The predicted molar refractivity (Wildman–Crippen MR) is 74.1 cm³/mol. The van der Waals surface area contributed by atoms with E-state index >= 15 is 0 Å². The molecule has 2 heterocycles. The first kappa shape index (κ1) is 10.7. The lowest BCUT2D eigenvalue weighted by molar-refractivity contribution is 1.29. The molecule has 88 valence electrons. The van der Waals surface area contributed by atoms with Crippen LogP contribution in [0.3, 0.4) is 0 Å². The third-order valence-corrected chi connectivity index (χ3v) is 3.08. The minimum Gasteiger partial charge on any atom is -0.397 e. The number of nitrogens with zero attached hydrogens (tertiary/aromatic N) is 2. The third-order valence-electron chi connectivity index (χ3n) is 3.08. The van der Waals surface area contributed by atoms with Gasteiger partial charge in [0.1, 0.15) is 0 Å². The molecule has 0 saturated heterocycles. The van der Waals surface area contributed by atoms with Crippen LogP contribution in [0.25, 0.3) is 22.2 Å². The zero-order chi connectivity index (χ0) is 12.5. The molecule has 3 aromatic rings. The van der Waals surface area contributed by atoms with Crippen LogP contribution in [0, 0.1) is 6.92 Å². The fourth-order valence-corrected chi connectivity index (χ4v) is 2.02. The smallest absolute Gasteiger partial charge is 0.0934 e. The van der Waals surface area contributed by atoms with Gasteiger partial charge in [0.05, 0.1) is 16.9 Å². The fraction of sp³-hybridized carbons (Fsp3) is 0.0667. The normalized spacial score (nSPS) is 10.7. The zero-order valence-corrected chi connectivity index (χ0v) is 10.1. The first-order chi connectivity index (χ1) is 8.75. The van der Waals surface area contributed by atoms with E-state index in [1.807, 2.05) is 37.3 Å². The number of anilines is 1. The maximum Gasteiger partial charge on any atom is 0.0934 e. The molecule has 3 rings (SSSR count). The summed E-state index contributed by atoms with van der Waals surface area (Å²) in [5.41, 5.74) is 10.7. The van der Waals surface area contributed by atoms with Gasteiger partial charge in [-0.1, -0.05) is 12.1 Å². The summed E-state index contributed by atoms with van der Waals surface area (Å²) in [7, 11) is 0. The van der Waals surface area contributed by atoms with Gasteiger partial charge in [0.25, 0.3) is 0 Å². The average Bonchev–Trinajstić information content (AvgIpc) is 2.41. The summed E-state index contributed by atoms with van der Waals surface area (Å²) >= 11 is 0. The number of nitrogens with two attached hydrogens (primary N) is 1. The number of nitrogen functional groups attached to an aromatic ring is 1. The van der Waals surface area contributed by atoms with Gasteiger partial charge in [-0.05, 0) is 36.8 Å². The van der Waals surface area contributed by atoms with Crippen molar-refractivity contribution in [1.82, 2.24) is 9.97 Å². The quantitative estimate of drug-likeness (QED) is 0.704. The number of aromatic nitrogens is 2. The number of hydrogen-bond donors (Lipinski definition) is 1. The number of aryl methyl sites for hydroxylation is 1. The standard InChI is InChI=1S/C15H13N3/c1-10-6-8-18-15(14(10)16)12-4-5-13-11(9-12)3-2-7-17-13/h2-9H,16H2,1H3. The van der Waals surface area contributed by atoms with Crippen LogP contribution in [-0.2, 0) is 0 Å². The molecule has 0 radical (unpaired) electrons. The van der Waals surface area contributed by atoms with Gasteiger partial charge >= 0.3 is 0 Å². The van der Waals surface area contributed by atoms with Crippen LogP contribution in [-0.4, -0.2) is 9.97 Å². The fourth-order valence-electron chi connectivity index (χ4n) is 2.02. The molecule has 0 spiro atoms. The third kappa shape index (κ3) is 1.70. The number of benzene rings is 1. The maximum atomic E-state index is 6.08. The van der Waals surface area contributed by atoms with E-state index in [4.69, 9.17) is 5.73 Å². The van der Waals surface area contributed by atoms with Gasteiger partial charge in [-0.25, -0.2) is 0 Å². The molecule has 18 heavy (non-hydrogen) atoms. The maximum absolute atomic E-state index is 6.08. The summed E-state index contributed by atoms with van der Waals surface area (Å²) in [4.78, 5) is 8.68. The van der Waals surface area contributed by atoms with Gasteiger partial charge < -0.3 is 5.73 Å². The lowest BCUT2D eigenvalue weighted by Gasteiger charge is -2.08. The minimum absolute atomic E-state index is 0.737. The van der Waals surface area contributed by atoms with Gasteiger partial charge in [0.2, 0.25) is 0 Å². The van der Waals surface area contributed by atoms with Gasteiger partial charge in [0.15, 0.2) is 0 Å². The van der Waals surface area contributed by atoms with Gasteiger partial charge in [-0.3, -0.25) is 9.97 Å². The van der Waals surface area contributed by atoms with E-state index in [1.54, 1.807) is 12.4 Å². The van der Waals surface area contributed by atoms with E-state index in [1.165, 1.54) is 0 Å². The monoisotopic (exact) mass is 235 g/mol. The summed E-state index contributed by atoms with van der Waals surface area (Å²) in [6.07, 6.45) is 3.58. The Balaban J connectivity index is 2.22. The van der Waals surface area contributed by atoms with Crippen molar-refractivity contribution < 1.29 is 0 Å². The highest BCUT2D eigenvalue weighted by Crippen LogP contribution is 2.27. The Morgan fingerprint density at radius 3 is 2.78 bits per heavy atom. The van der Waals surface area contributed by atoms with Crippen molar-refractivity contribution in [3.8, 4) is 11.3 Å². The van der Waals surface area contributed by atoms with Crippen LogP contribution in [0.1, 0.15) is 5.56 Å². The van der Waals surface area contributed by atoms with Crippen molar-refractivity contribution in [2.75, 3.05) is 5.73 Å². The van der Waals surface area contributed by atoms with E-state index < -0.39 is 0 Å². The van der Waals surface area contributed by atoms with E-state index in [0.29, 0.717) is 0 Å². The van der Waals surface area contributed by atoms with Crippen molar-refractivity contribution in [3.63, 3.8) is 0 Å². The average molecular weight is 235 g/mol. The van der Waals surface area contributed by atoms with Gasteiger partial charge in [-0.2, -0.15) is 0 Å². The van der Waals surface area contributed by atoms with Crippen molar-refractivity contribution in [3.05, 3.63) is 54.4 Å². The van der Waals surface area contributed by atoms with Crippen molar-refractivity contribution in [2.45, 2.75) is 6.92 Å². The van der Waals surface area contributed by atoms with Gasteiger partial charge in [-0.15, -0.1) is 0 Å². The van der Waals surface area contributed by atoms with E-state index in [2.05, 4.69) is 16.0 Å². The minimum atomic E-state index is 0.737. The Labute approximate surface area is 105 Å². The summed E-state index contributed by atoms with van der Waals surface area (Å²) in [5, 5.41) is 1.10. The molecular formula is C15H13N3. The van der Waals surface area contributed by atoms with E-state index in [0.717, 1.165) is 33.4 Å². The first-order valence-corrected chi connectivity index (χ1v) is 5.82. The molecule has 0 unspecified atom stereocenters. The lowest BCUT2D eigenvalue weighted by Crippen LogP contribution is -1.96. The molecule has 0 aliphatic rings. The highest BCUT2D eigenvalue weighted by molar-refractivity contribution is 5.86. The topological polar surface area (TPSA) is 51.8 Å². The molecule has 2 N–H and O–H groups in total. The molecular weight excluding hydrogens is 222 g/mol. The lowest BCUT2D eigenvalue weighted by atomic mass is 10.0. The Kier molecular flexibility index (Phi) is 2.45. The van der Waals surface area contributed by atoms with Crippen LogP contribution in [0.4, 0.5) is 5.69 Å². The summed E-state index contributed by atoms with van der Waals surface area (Å²) < 4.78 is 0. The largest absolute Gasteiger partial charge is 0.397 e. The zero-order valence-electron chi connectivity index (χ0n) is 10.1. The summed E-state index contributed by atoms with van der Waals surface area (Å²) in [6.45, 7) is 1.99. The Morgan fingerprint density at radius 1 is 1.00 bits per heavy atom. The Hall–Kier alpha value is -2.42. The molecule has 0 fully saturated rings. The molecule has 0 aliphatic carbocycles. The molecule has 0 aliphatic heterocycles. The van der Waals surface area contributed by atoms with Crippen LogP contribution >= 0.6 is 0 Å². The van der Waals surface area contributed by atoms with Crippen molar-refractivity contribution >= 4 is 16.6 Å². The second-order valence-electron chi connectivity index (χ2n) is 4.30.